The minimum Gasteiger partial charge on any atom is -0.294 e. The average molecular weight is 243 g/mol. The van der Waals surface area contributed by atoms with Gasteiger partial charge in [-0.25, -0.2) is 0 Å². The van der Waals surface area contributed by atoms with Crippen LogP contribution in [0.5, 0.6) is 0 Å². The van der Waals surface area contributed by atoms with Gasteiger partial charge in [0.1, 0.15) is 0 Å². The number of rotatable bonds is 0. The lowest BCUT2D eigenvalue weighted by Gasteiger charge is -2.49. The van der Waals surface area contributed by atoms with Crippen LogP contribution in [-0.4, -0.2) is 23.0 Å². The van der Waals surface area contributed by atoms with Gasteiger partial charge in [-0.2, -0.15) is 0 Å². The molecule has 1 heteroatoms. The SMILES string of the molecule is CN1C2(C)C3C=CC=CC3C1(C)C1CCCCC12. The highest BCUT2D eigenvalue weighted by molar-refractivity contribution is 5.35. The topological polar surface area (TPSA) is 3.24 Å². The Morgan fingerprint density at radius 1 is 0.889 bits per heavy atom. The number of hydrogen-bond acceptors (Lipinski definition) is 1. The van der Waals surface area contributed by atoms with Crippen molar-refractivity contribution in [2.24, 2.45) is 23.7 Å². The fraction of sp³-hybridized carbons (Fsp3) is 0.765. The predicted molar refractivity (Wildman–Crippen MR) is 75.3 cm³/mol. The molecule has 18 heavy (non-hydrogen) atoms. The molecule has 0 N–H and O–H groups in total. The molecule has 98 valence electrons. The Hall–Kier alpha value is -0.560. The summed E-state index contributed by atoms with van der Waals surface area (Å²) in [6, 6.07) is 0. The maximum atomic E-state index is 2.77. The van der Waals surface area contributed by atoms with Gasteiger partial charge in [0.15, 0.2) is 0 Å². The van der Waals surface area contributed by atoms with Crippen molar-refractivity contribution >= 4 is 0 Å². The first-order chi connectivity index (χ1) is 8.61. The van der Waals surface area contributed by atoms with Gasteiger partial charge in [-0.05, 0) is 45.6 Å². The van der Waals surface area contributed by atoms with Gasteiger partial charge < -0.3 is 0 Å². The van der Waals surface area contributed by atoms with Crippen LogP contribution in [0.4, 0.5) is 0 Å². The number of hydrogen-bond donors (Lipinski definition) is 0. The zero-order chi connectivity index (χ0) is 12.5. The van der Waals surface area contributed by atoms with Crippen molar-refractivity contribution in [3.05, 3.63) is 24.3 Å². The standard InChI is InChI=1S/C17H25N/c1-16-12-8-4-6-10-14(12)17(2,18(16)3)15-11-7-5-9-13(15)16/h4,6,8,10,12-15H,5,7,9,11H2,1-3H3. The monoisotopic (exact) mass is 243 g/mol. The largest absolute Gasteiger partial charge is 0.294 e. The molecule has 3 fully saturated rings. The van der Waals surface area contributed by atoms with Crippen LogP contribution < -0.4 is 0 Å². The first kappa shape index (κ1) is 11.3. The Labute approximate surface area is 111 Å². The van der Waals surface area contributed by atoms with Crippen LogP contribution in [0.2, 0.25) is 0 Å². The third kappa shape index (κ3) is 0.976. The molecule has 1 saturated carbocycles. The lowest BCUT2D eigenvalue weighted by Crippen LogP contribution is -2.50. The third-order valence-electron chi connectivity index (χ3n) is 7.20. The highest BCUT2D eigenvalue weighted by atomic mass is 15.3. The molecule has 2 aliphatic carbocycles. The summed E-state index contributed by atoms with van der Waals surface area (Å²) in [5.41, 5.74) is 0.817. The van der Waals surface area contributed by atoms with Crippen molar-refractivity contribution in [3.8, 4) is 0 Å². The molecule has 2 heterocycles. The minimum absolute atomic E-state index is 0.408. The lowest BCUT2D eigenvalue weighted by molar-refractivity contribution is 0.0780. The summed E-state index contributed by atoms with van der Waals surface area (Å²) in [6.45, 7) is 5.10. The van der Waals surface area contributed by atoms with Crippen LogP contribution in [0.15, 0.2) is 24.3 Å². The van der Waals surface area contributed by atoms with Crippen molar-refractivity contribution in [3.63, 3.8) is 0 Å². The van der Waals surface area contributed by atoms with Gasteiger partial charge in [0.2, 0.25) is 0 Å². The normalized spacial score (nSPS) is 57.7. The molecule has 6 unspecified atom stereocenters. The summed E-state index contributed by atoms with van der Waals surface area (Å²) >= 11 is 0. The van der Waals surface area contributed by atoms with Gasteiger partial charge >= 0.3 is 0 Å². The highest BCUT2D eigenvalue weighted by Crippen LogP contribution is 2.68. The van der Waals surface area contributed by atoms with E-state index < -0.39 is 0 Å². The van der Waals surface area contributed by atoms with Crippen LogP contribution in [0.25, 0.3) is 0 Å². The van der Waals surface area contributed by atoms with E-state index in [0.717, 1.165) is 23.7 Å². The molecule has 0 radical (unpaired) electrons. The first-order valence-electron chi connectivity index (χ1n) is 7.70. The highest BCUT2D eigenvalue weighted by Gasteiger charge is 2.72. The molecule has 0 aromatic carbocycles. The molecule has 0 amide bonds. The van der Waals surface area contributed by atoms with Gasteiger partial charge in [-0.15, -0.1) is 0 Å². The molecule has 2 saturated heterocycles. The second-order valence-corrected chi connectivity index (χ2v) is 7.33. The van der Waals surface area contributed by atoms with Crippen molar-refractivity contribution in [2.45, 2.75) is 50.6 Å². The quantitative estimate of drug-likeness (QED) is 0.628. The minimum atomic E-state index is 0.408. The fourth-order valence-electron chi connectivity index (χ4n) is 6.21. The van der Waals surface area contributed by atoms with Crippen LogP contribution in [0.1, 0.15) is 39.5 Å². The predicted octanol–water partition coefficient (Wildman–Crippen LogP) is 3.63. The lowest BCUT2D eigenvalue weighted by atomic mass is 9.53. The molecule has 6 atom stereocenters. The Morgan fingerprint density at radius 2 is 1.33 bits per heavy atom. The maximum Gasteiger partial charge on any atom is 0.0284 e. The molecule has 2 bridgehead atoms. The number of fused-ring (bicyclic) bond motifs is 8. The Balaban J connectivity index is 1.88. The Kier molecular flexibility index (Phi) is 2.07. The Morgan fingerprint density at radius 3 is 1.78 bits per heavy atom. The summed E-state index contributed by atoms with van der Waals surface area (Å²) in [6.07, 6.45) is 15.4. The summed E-state index contributed by atoms with van der Waals surface area (Å²) in [7, 11) is 2.40. The van der Waals surface area contributed by atoms with E-state index in [4.69, 9.17) is 0 Å². The van der Waals surface area contributed by atoms with E-state index in [-0.39, 0.29) is 0 Å². The molecular weight excluding hydrogens is 218 g/mol. The molecule has 1 nitrogen and oxygen atoms in total. The van der Waals surface area contributed by atoms with E-state index in [1.165, 1.54) is 25.7 Å². The summed E-state index contributed by atoms with van der Waals surface area (Å²) in [5.74, 6) is 3.35. The second kappa shape index (κ2) is 3.30. The molecule has 0 spiro atoms. The van der Waals surface area contributed by atoms with Gasteiger partial charge in [0.25, 0.3) is 0 Å². The Bertz CT molecular complexity index is 397. The number of nitrogens with zero attached hydrogens (tertiary/aromatic N) is 1. The van der Waals surface area contributed by atoms with Gasteiger partial charge in [0, 0.05) is 22.9 Å². The van der Waals surface area contributed by atoms with E-state index in [9.17, 15) is 0 Å². The molecule has 0 aromatic rings. The van der Waals surface area contributed by atoms with Crippen molar-refractivity contribution in [1.29, 1.82) is 0 Å². The van der Waals surface area contributed by atoms with Gasteiger partial charge in [0.05, 0.1) is 0 Å². The van der Waals surface area contributed by atoms with E-state index >= 15 is 0 Å². The van der Waals surface area contributed by atoms with E-state index in [0.29, 0.717) is 11.1 Å². The number of allylic oxidation sites excluding steroid dienone is 2. The van der Waals surface area contributed by atoms with Crippen molar-refractivity contribution in [1.82, 2.24) is 4.90 Å². The van der Waals surface area contributed by atoms with Gasteiger partial charge in [-0.3, -0.25) is 4.90 Å². The molecular formula is C17H25N. The van der Waals surface area contributed by atoms with Gasteiger partial charge in [-0.1, -0.05) is 37.1 Å². The summed E-state index contributed by atoms with van der Waals surface area (Å²) < 4.78 is 0. The smallest absolute Gasteiger partial charge is 0.0284 e. The molecule has 2 aliphatic heterocycles. The molecule has 4 aliphatic rings. The zero-order valence-electron chi connectivity index (χ0n) is 11.9. The van der Waals surface area contributed by atoms with Crippen molar-refractivity contribution < 1.29 is 0 Å². The summed E-state index contributed by atoms with van der Waals surface area (Å²) in [5, 5.41) is 0. The maximum absolute atomic E-state index is 2.77. The molecule has 0 aromatic heterocycles. The first-order valence-corrected chi connectivity index (χ1v) is 7.70. The fourth-order valence-corrected chi connectivity index (χ4v) is 6.21. The van der Waals surface area contributed by atoms with Crippen LogP contribution in [0, 0.1) is 23.7 Å². The van der Waals surface area contributed by atoms with Crippen LogP contribution in [0.3, 0.4) is 0 Å². The van der Waals surface area contributed by atoms with Crippen LogP contribution in [-0.2, 0) is 0 Å². The van der Waals surface area contributed by atoms with Crippen LogP contribution >= 0.6 is 0 Å². The third-order valence-corrected chi connectivity index (χ3v) is 7.20. The summed E-state index contributed by atoms with van der Waals surface area (Å²) in [4.78, 5) is 2.77. The second-order valence-electron chi connectivity index (χ2n) is 7.33. The van der Waals surface area contributed by atoms with E-state index in [1.54, 1.807) is 0 Å². The average Bonchev–Trinajstić information content (AvgIpc) is 2.71. The van der Waals surface area contributed by atoms with Crippen molar-refractivity contribution in [2.75, 3.05) is 7.05 Å². The van der Waals surface area contributed by atoms with E-state index in [2.05, 4.69) is 50.1 Å². The zero-order valence-corrected chi connectivity index (χ0v) is 11.9. The molecule has 4 rings (SSSR count). The van der Waals surface area contributed by atoms with E-state index in [1.807, 2.05) is 0 Å².